The van der Waals surface area contributed by atoms with Crippen LogP contribution in [0.25, 0.3) is 11.6 Å². The van der Waals surface area contributed by atoms with Gasteiger partial charge in [-0.1, -0.05) is 24.3 Å². The number of aromatic nitrogens is 2. The Balaban J connectivity index is 1.95. The smallest absolute Gasteiger partial charge is 0.262 e. The third-order valence-electron chi connectivity index (χ3n) is 4.61. The molecule has 0 amide bonds. The van der Waals surface area contributed by atoms with Gasteiger partial charge >= 0.3 is 0 Å². The Hall–Kier alpha value is -3.58. The van der Waals surface area contributed by atoms with E-state index in [2.05, 4.69) is 16.6 Å². The van der Waals surface area contributed by atoms with Crippen molar-refractivity contribution in [2.75, 3.05) is 0 Å². The van der Waals surface area contributed by atoms with Crippen molar-refractivity contribution in [2.45, 2.75) is 6.54 Å². The van der Waals surface area contributed by atoms with Crippen LogP contribution in [-0.2, 0) is 6.54 Å². The minimum absolute atomic E-state index is 0.0574. The third kappa shape index (κ3) is 3.36. The summed E-state index contributed by atoms with van der Waals surface area (Å²) in [6.07, 6.45) is 3.15. The summed E-state index contributed by atoms with van der Waals surface area (Å²) >= 11 is 5.13. The second-order valence-corrected chi connectivity index (χ2v) is 6.83. The van der Waals surface area contributed by atoms with Crippen molar-refractivity contribution in [3.05, 3.63) is 98.8 Å². The van der Waals surface area contributed by atoms with Crippen LogP contribution in [0.4, 0.5) is 10.1 Å². The maximum Gasteiger partial charge on any atom is 0.262 e. The zero-order valence-electron chi connectivity index (χ0n) is 15.2. The van der Waals surface area contributed by atoms with Crippen molar-refractivity contribution in [2.24, 2.45) is 4.99 Å². The summed E-state index contributed by atoms with van der Waals surface area (Å²) in [5.74, 6) is -0.607. The van der Waals surface area contributed by atoms with Crippen molar-refractivity contribution in [1.29, 1.82) is 0 Å². The molecular formula is C22H16FN3O2S. The van der Waals surface area contributed by atoms with Crippen molar-refractivity contribution in [3.63, 3.8) is 0 Å². The zero-order valence-corrected chi connectivity index (χ0v) is 16.0. The van der Waals surface area contributed by atoms with Gasteiger partial charge in [0.2, 0.25) is 5.88 Å². The highest BCUT2D eigenvalue weighted by atomic mass is 32.1. The second kappa shape index (κ2) is 7.44. The average molecular weight is 405 g/mol. The molecule has 1 aliphatic heterocycles. The van der Waals surface area contributed by atoms with Crippen LogP contribution in [0.5, 0.6) is 5.88 Å². The van der Waals surface area contributed by atoms with Crippen molar-refractivity contribution < 1.29 is 9.50 Å². The summed E-state index contributed by atoms with van der Waals surface area (Å²) in [7, 11) is 0. The number of fused-ring (bicyclic) bond motifs is 1. The first kappa shape index (κ1) is 18.8. The first-order chi connectivity index (χ1) is 14.0. The van der Waals surface area contributed by atoms with E-state index in [1.54, 1.807) is 24.3 Å². The first-order valence-electron chi connectivity index (χ1n) is 8.82. The van der Waals surface area contributed by atoms with E-state index in [0.29, 0.717) is 16.8 Å². The molecule has 2 aromatic carbocycles. The highest BCUT2D eigenvalue weighted by Gasteiger charge is 2.23. The molecule has 1 aromatic heterocycles. The van der Waals surface area contributed by atoms with Crippen molar-refractivity contribution in [3.8, 4) is 5.88 Å². The van der Waals surface area contributed by atoms with Crippen LogP contribution in [0.3, 0.4) is 0 Å². The molecule has 0 unspecified atom stereocenters. The number of halogens is 1. The number of hydrogen-bond acceptors (Lipinski definition) is 4. The lowest BCUT2D eigenvalue weighted by Gasteiger charge is -2.11. The Morgan fingerprint density at radius 1 is 1.21 bits per heavy atom. The Bertz CT molecular complexity index is 1300. The van der Waals surface area contributed by atoms with E-state index in [4.69, 9.17) is 12.2 Å². The van der Waals surface area contributed by atoms with E-state index in [-0.39, 0.29) is 28.6 Å². The van der Waals surface area contributed by atoms with Gasteiger partial charge in [-0.3, -0.25) is 14.3 Å². The standard InChI is InChI=1S/C22H16FN3O2S/c1-2-11-26-21(28)17(20(27)25-22(26)29)12-16-15-5-3-4-6-18(15)24-19(16)13-7-9-14(23)10-8-13/h2-10,12,28H,1,11H2,(H,25,27,29). The maximum atomic E-state index is 13.4. The number of nitrogens with one attached hydrogen (secondary N) is 1. The van der Waals surface area contributed by atoms with E-state index in [0.717, 1.165) is 11.3 Å². The summed E-state index contributed by atoms with van der Waals surface area (Å²) in [5.41, 5.74) is 3.02. The molecule has 0 aliphatic carbocycles. The van der Waals surface area contributed by atoms with Gasteiger partial charge < -0.3 is 5.11 Å². The summed E-state index contributed by atoms with van der Waals surface area (Å²) in [6.45, 7) is 3.89. The summed E-state index contributed by atoms with van der Waals surface area (Å²) in [5, 5.41) is 10.7. The molecule has 29 heavy (non-hydrogen) atoms. The maximum absolute atomic E-state index is 13.4. The van der Waals surface area contributed by atoms with Gasteiger partial charge in [-0.25, -0.2) is 9.38 Å². The summed E-state index contributed by atoms with van der Waals surface area (Å²) in [6, 6.07) is 13.4. The quantitative estimate of drug-likeness (QED) is 0.492. The highest BCUT2D eigenvalue weighted by molar-refractivity contribution is 7.71. The average Bonchev–Trinajstić information content (AvgIpc) is 3.07. The molecule has 2 heterocycles. The van der Waals surface area contributed by atoms with Crippen LogP contribution < -0.4 is 5.56 Å². The van der Waals surface area contributed by atoms with E-state index in [1.165, 1.54) is 16.7 Å². The van der Waals surface area contributed by atoms with Gasteiger partial charge in [-0.05, 0) is 48.6 Å². The fraction of sp³-hybridized carbons (Fsp3) is 0.0455. The van der Waals surface area contributed by atoms with Gasteiger partial charge in [-0.2, -0.15) is 0 Å². The van der Waals surface area contributed by atoms with Crippen molar-refractivity contribution >= 4 is 35.3 Å². The molecule has 0 bridgehead atoms. The van der Waals surface area contributed by atoms with Gasteiger partial charge in [0.1, 0.15) is 11.4 Å². The SMILES string of the molecule is C=CCn1c(O)c(C=C2C(c3ccc(F)cc3)=Nc3ccccc32)c(=O)[nH]c1=S. The molecule has 4 rings (SSSR count). The lowest BCUT2D eigenvalue weighted by atomic mass is 9.96. The molecule has 0 spiro atoms. The molecular weight excluding hydrogens is 389 g/mol. The normalized spacial score (nSPS) is 14.0. The molecule has 3 aromatic rings. The third-order valence-corrected chi connectivity index (χ3v) is 4.93. The molecule has 0 fully saturated rings. The van der Waals surface area contributed by atoms with Gasteiger partial charge in [0, 0.05) is 23.2 Å². The molecule has 144 valence electrons. The molecule has 0 saturated heterocycles. The molecule has 0 saturated carbocycles. The number of benzene rings is 2. The first-order valence-corrected chi connectivity index (χ1v) is 9.23. The minimum Gasteiger partial charge on any atom is -0.494 e. The number of hydrogen-bond donors (Lipinski definition) is 2. The lowest BCUT2D eigenvalue weighted by Crippen LogP contribution is -2.17. The number of H-pyrrole nitrogens is 1. The minimum atomic E-state index is -0.511. The van der Waals surface area contributed by atoms with Crippen LogP contribution in [0.1, 0.15) is 16.7 Å². The van der Waals surface area contributed by atoms with E-state index < -0.39 is 5.56 Å². The van der Waals surface area contributed by atoms with E-state index in [9.17, 15) is 14.3 Å². The fourth-order valence-corrected chi connectivity index (χ4v) is 3.48. The fourth-order valence-electron chi connectivity index (χ4n) is 3.23. The van der Waals surface area contributed by atoms with Crippen LogP contribution in [0, 0.1) is 10.6 Å². The number of nitrogens with zero attached hydrogens (tertiary/aromatic N) is 2. The predicted octanol–water partition coefficient (Wildman–Crippen LogP) is 4.61. The summed E-state index contributed by atoms with van der Waals surface area (Å²) in [4.78, 5) is 19.8. The Morgan fingerprint density at radius 3 is 2.66 bits per heavy atom. The summed E-state index contributed by atoms with van der Waals surface area (Å²) < 4.78 is 14.9. The second-order valence-electron chi connectivity index (χ2n) is 6.44. The molecule has 5 nitrogen and oxygen atoms in total. The Morgan fingerprint density at radius 2 is 1.93 bits per heavy atom. The van der Waals surface area contributed by atoms with Crippen molar-refractivity contribution in [1.82, 2.24) is 9.55 Å². The largest absolute Gasteiger partial charge is 0.494 e. The monoisotopic (exact) mass is 405 g/mol. The van der Waals surface area contributed by atoms with Crippen LogP contribution >= 0.6 is 12.2 Å². The predicted molar refractivity (Wildman–Crippen MR) is 115 cm³/mol. The molecule has 0 atom stereocenters. The molecule has 7 heteroatoms. The Kier molecular flexibility index (Phi) is 4.82. The van der Waals surface area contributed by atoms with Crippen LogP contribution in [0.15, 0.2) is 71.0 Å². The lowest BCUT2D eigenvalue weighted by molar-refractivity contribution is 0.413. The molecule has 1 aliphatic rings. The van der Waals surface area contributed by atoms with E-state index in [1.807, 2.05) is 24.3 Å². The highest BCUT2D eigenvalue weighted by Crippen LogP contribution is 2.38. The van der Waals surface area contributed by atoms with Gasteiger partial charge in [0.05, 0.1) is 11.4 Å². The van der Waals surface area contributed by atoms with Gasteiger partial charge in [0.25, 0.3) is 5.56 Å². The molecule has 0 radical (unpaired) electrons. The van der Waals surface area contributed by atoms with Gasteiger partial charge in [0.15, 0.2) is 4.77 Å². The number of allylic oxidation sites excluding steroid dienone is 2. The number of rotatable bonds is 4. The number of aromatic amines is 1. The zero-order chi connectivity index (χ0) is 20.5. The van der Waals surface area contributed by atoms with Crippen LogP contribution in [0.2, 0.25) is 0 Å². The topological polar surface area (TPSA) is 70.4 Å². The number of aliphatic imine (C=N–C) groups is 1. The van der Waals surface area contributed by atoms with Crippen LogP contribution in [-0.4, -0.2) is 20.4 Å². The van der Waals surface area contributed by atoms with Gasteiger partial charge in [-0.15, -0.1) is 6.58 Å². The number of para-hydroxylation sites is 1. The molecule has 2 N–H and O–H groups in total. The Labute approximate surface area is 170 Å². The van der Waals surface area contributed by atoms with E-state index >= 15 is 0 Å². The number of aromatic hydroxyl groups is 1.